The highest BCUT2D eigenvalue weighted by atomic mass is 79.9. The molecule has 0 spiro atoms. The van der Waals surface area contributed by atoms with Crippen LogP contribution in [-0.4, -0.2) is 18.6 Å². The summed E-state index contributed by atoms with van der Waals surface area (Å²) in [5, 5.41) is 6.10. The number of halogens is 1. The Labute approximate surface area is 106 Å². The third-order valence-corrected chi connectivity index (χ3v) is 4.39. The molecule has 0 amide bonds. The number of benzene rings is 1. The molecule has 8 heteroatoms. The minimum atomic E-state index is -3.68. The molecule has 0 unspecified atom stereocenters. The predicted molar refractivity (Wildman–Crippen MR) is 68.0 cm³/mol. The Bertz CT molecular complexity index is 638. The molecular weight excluding hydrogens is 308 g/mol. The Hall–Kier alpha value is -1.54. The number of H-pyrrole nitrogens is 1. The maximum absolute atomic E-state index is 12.0. The fraction of sp³-hybridized carbons (Fsp3) is 0. The van der Waals surface area contributed by atoms with E-state index < -0.39 is 10.0 Å². The van der Waals surface area contributed by atoms with Gasteiger partial charge in [0.1, 0.15) is 4.90 Å². The van der Waals surface area contributed by atoms with Crippen LogP contribution in [-0.2, 0) is 10.0 Å². The van der Waals surface area contributed by atoms with Gasteiger partial charge in [0, 0.05) is 4.47 Å². The number of aromatic nitrogens is 2. The number of aromatic amines is 1. The average Bonchev–Trinajstić information content (AvgIpc) is 2.64. The van der Waals surface area contributed by atoms with Crippen molar-refractivity contribution in [2.24, 2.45) is 0 Å². The molecule has 0 saturated heterocycles. The molecule has 2 aromatic rings. The lowest BCUT2D eigenvalue weighted by molar-refractivity contribution is 0.600. The minimum absolute atomic E-state index is 0.133. The highest BCUT2D eigenvalue weighted by molar-refractivity contribution is 9.10. The molecule has 17 heavy (non-hydrogen) atoms. The normalized spacial score (nSPS) is 11.4. The molecule has 4 N–H and O–H groups in total. The van der Waals surface area contributed by atoms with E-state index in [0.29, 0.717) is 4.47 Å². The fourth-order valence-corrected chi connectivity index (χ4v) is 3.28. The van der Waals surface area contributed by atoms with Gasteiger partial charge in [0.05, 0.1) is 11.9 Å². The van der Waals surface area contributed by atoms with Crippen LogP contribution < -0.4 is 10.5 Å². The van der Waals surface area contributed by atoms with Gasteiger partial charge in [-0.3, -0.25) is 9.82 Å². The van der Waals surface area contributed by atoms with Gasteiger partial charge in [-0.15, -0.1) is 0 Å². The smallest absolute Gasteiger partial charge is 0.264 e. The van der Waals surface area contributed by atoms with Crippen LogP contribution in [0.1, 0.15) is 0 Å². The standard InChI is InChI=1S/C9H9BrN4O2S/c10-6-3-1-2-4-8(6)17(15,16)14-9-7(11)5-12-13-9/h1-5H,11H2,(H2,12,13,14). The van der Waals surface area contributed by atoms with Gasteiger partial charge in [-0.1, -0.05) is 12.1 Å². The zero-order chi connectivity index (χ0) is 12.5. The molecule has 0 aliphatic rings. The Morgan fingerprint density at radius 3 is 2.65 bits per heavy atom. The van der Waals surface area contributed by atoms with Crippen molar-refractivity contribution >= 4 is 37.5 Å². The summed E-state index contributed by atoms with van der Waals surface area (Å²) >= 11 is 3.18. The SMILES string of the molecule is Nc1cn[nH]c1NS(=O)(=O)c1ccccc1Br. The van der Waals surface area contributed by atoms with E-state index in [4.69, 9.17) is 5.73 Å². The van der Waals surface area contributed by atoms with Gasteiger partial charge in [0.2, 0.25) is 0 Å². The third kappa shape index (κ3) is 2.42. The lowest BCUT2D eigenvalue weighted by atomic mass is 10.4. The first kappa shape index (κ1) is 11.9. The number of nitrogens with zero attached hydrogens (tertiary/aromatic N) is 1. The van der Waals surface area contributed by atoms with E-state index in [1.165, 1.54) is 12.3 Å². The maximum atomic E-state index is 12.0. The molecule has 0 aliphatic carbocycles. The van der Waals surface area contributed by atoms with Crippen molar-refractivity contribution in [1.82, 2.24) is 10.2 Å². The van der Waals surface area contributed by atoms with E-state index in [1.807, 2.05) is 0 Å². The number of hydrogen-bond donors (Lipinski definition) is 3. The van der Waals surface area contributed by atoms with E-state index in [2.05, 4.69) is 30.8 Å². The van der Waals surface area contributed by atoms with Crippen molar-refractivity contribution in [1.29, 1.82) is 0 Å². The molecular formula is C9H9BrN4O2S. The van der Waals surface area contributed by atoms with Crippen LogP contribution in [0.15, 0.2) is 39.8 Å². The Morgan fingerprint density at radius 2 is 2.06 bits per heavy atom. The molecule has 90 valence electrons. The number of rotatable bonds is 3. The highest BCUT2D eigenvalue weighted by Crippen LogP contribution is 2.24. The van der Waals surface area contributed by atoms with Crippen LogP contribution in [0, 0.1) is 0 Å². The second-order valence-electron chi connectivity index (χ2n) is 3.24. The summed E-state index contributed by atoms with van der Waals surface area (Å²) in [5.41, 5.74) is 5.77. The summed E-state index contributed by atoms with van der Waals surface area (Å²) in [4.78, 5) is 0.133. The van der Waals surface area contributed by atoms with Gasteiger partial charge >= 0.3 is 0 Å². The zero-order valence-corrected chi connectivity index (χ0v) is 10.9. The molecule has 0 aliphatic heterocycles. The van der Waals surface area contributed by atoms with E-state index >= 15 is 0 Å². The van der Waals surface area contributed by atoms with Gasteiger partial charge in [-0.05, 0) is 28.1 Å². The van der Waals surface area contributed by atoms with E-state index in [0.717, 1.165) is 0 Å². The lowest BCUT2D eigenvalue weighted by Gasteiger charge is -2.08. The van der Waals surface area contributed by atoms with Gasteiger partial charge in [0.15, 0.2) is 5.82 Å². The van der Waals surface area contributed by atoms with Crippen LogP contribution >= 0.6 is 15.9 Å². The van der Waals surface area contributed by atoms with Gasteiger partial charge < -0.3 is 5.73 Å². The first-order valence-corrected chi connectivity index (χ1v) is 6.84. The quantitative estimate of drug-likeness (QED) is 0.799. The van der Waals surface area contributed by atoms with Crippen molar-refractivity contribution < 1.29 is 8.42 Å². The second-order valence-corrected chi connectivity index (χ2v) is 5.74. The third-order valence-electron chi connectivity index (χ3n) is 2.03. The number of sulfonamides is 1. The molecule has 1 aromatic heterocycles. The summed E-state index contributed by atoms with van der Waals surface area (Å²) < 4.78 is 26.9. The lowest BCUT2D eigenvalue weighted by Crippen LogP contribution is -2.14. The summed E-state index contributed by atoms with van der Waals surface area (Å²) in [5.74, 6) is 0.153. The summed E-state index contributed by atoms with van der Waals surface area (Å²) in [6.45, 7) is 0. The minimum Gasteiger partial charge on any atom is -0.394 e. The zero-order valence-electron chi connectivity index (χ0n) is 8.51. The van der Waals surface area contributed by atoms with E-state index in [9.17, 15) is 8.42 Å². The highest BCUT2D eigenvalue weighted by Gasteiger charge is 2.18. The van der Waals surface area contributed by atoms with Crippen LogP contribution in [0.2, 0.25) is 0 Å². The molecule has 0 bridgehead atoms. The topological polar surface area (TPSA) is 101 Å². The van der Waals surface area contributed by atoms with Crippen molar-refractivity contribution in [3.8, 4) is 0 Å². The fourth-order valence-electron chi connectivity index (χ4n) is 1.23. The van der Waals surface area contributed by atoms with Gasteiger partial charge in [0.25, 0.3) is 10.0 Å². The molecule has 0 atom stereocenters. The molecule has 1 aromatic carbocycles. The van der Waals surface area contributed by atoms with Crippen LogP contribution in [0.25, 0.3) is 0 Å². The van der Waals surface area contributed by atoms with E-state index in [1.54, 1.807) is 18.2 Å². The molecule has 0 saturated carbocycles. The monoisotopic (exact) mass is 316 g/mol. The Kier molecular flexibility index (Phi) is 3.07. The summed E-state index contributed by atoms with van der Waals surface area (Å²) in [6.07, 6.45) is 1.33. The molecule has 1 heterocycles. The first-order chi connectivity index (χ1) is 8.00. The molecule has 6 nitrogen and oxygen atoms in total. The summed E-state index contributed by atoms with van der Waals surface area (Å²) in [7, 11) is -3.68. The first-order valence-electron chi connectivity index (χ1n) is 4.57. The van der Waals surface area contributed by atoms with Crippen molar-refractivity contribution in [2.45, 2.75) is 4.90 Å². The number of nitrogens with one attached hydrogen (secondary N) is 2. The van der Waals surface area contributed by atoms with Crippen molar-refractivity contribution in [3.63, 3.8) is 0 Å². The molecule has 0 fully saturated rings. The number of hydrogen-bond acceptors (Lipinski definition) is 4. The van der Waals surface area contributed by atoms with Gasteiger partial charge in [-0.25, -0.2) is 8.42 Å². The average molecular weight is 317 g/mol. The largest absolute Gasteiger partial charge is 0.394 e. The molecule has 2 rings (SSSR count). The second kappa shape index (κ2) is 4.38. The Balaban J connectivity index is 2.39. The number of nitrogens with two attached hydrogens (primary N) is 1. The maximum Gasteiger partial charge on any atom is 0.264 e. The van der Waals surface area contributed by atoms with E-state index in [-0.39, 0.29) is 16.4 Å². The number of anilines is 2. The van der Waals surface area contributed by atoms with Crippen LogP contribution in [0.4, 0.5) is 11.5 Å². The van der Waals surface area contributed by atoms with Gasteiger partial charge in [-0.2, -0.15) is 5.10 Å². The predicted octanol–water partition coefficient (Wildman–Crippen LogP) is 1.56. The van der Waals surface area contributed by atoms with Crippen LogP contribution in [0.3, 0.4) is 0 Å². The van der Waals surface area contributed by atoms with Crippen LogP contribution in [0.5, 0.6) is 0 Å². The van der Waals surface area contributed by atoms with Crippen molar-refractivity contribution in [2.75, 3.05) is 10.5 Å². The number of nitrogen functional groups attached to an aromatic ring is 1. The molecule has 0 radical (unpaired) electrons. The Morgan fingerprint density at radius 1 is 1.35 bits per heavy atom. The summed E-state index contributed by atoms with van der Waals surface area (Å²) in [6, 6.07) is 6.49. The van der Waals surface area contributed by atoms with Crippen molar-refractivity contribution in [3.05, 3.63) is 34.9 Å².